The standard InChI is InChI=1S/C11H11N3O4S/c1-8-10(12-6-15)4-9(5-11(8)13-7-16)19(17,18)14(2)3/h4-5H,1-3H3. The fourth-order valence-corrected chi connectivity index (χ4v) is 2.29. The number of nitrogens with zero attached hydrogens (tertiary/aromatic N) is 3. The molecular weight excluding hydrogens is 270 g/mol. The molecule has 0 radical (unpaired) electrons. The second-order valence-corrected chi connectivity index (χ2v) is 5.93. The molecule has 1 aromatic carbocycles. The van der Waals surface area contributed by atoms with Crippen molar-refractivity contribution >= 4 is 33.6 Å². The van der Waals surface area contributed by atoms with Gasteiger partial charge in [-0.3, -0.25) is 0 Å². The van der Waals surface area contributed by atoms with Crippen molar-refractivity contribution in [2.75, 3.05) is 14.1 Å². The smallest absolute Gasteiger partial charge is 0.211 e. The number of benzene rings is 1. The summed E-state index contributed by atoms with van der Waals surface area (Å²) in [6.45, 7) is 1.55. The summed E-state index contributed by atoms with van der Waals surface area (Å²) in [5.74, 6) is 0. The molecule has 0 aliphatic carbocycles. The third kappa shape index (κ3) is 3.01. The maximum Gasteiger partial charge on any atom is 0.242 e. The van der Waals surface area contributed by atoms with E-state index in [0.29, 0.717) is 5.56 Å². The Bertz CT molecular complexity index is 658. The highest BCUT2D eigenvalue weighted by molar-refractivity contribution is 7.89. The molecule has 19 heavy (non-hydrogen) atoms. The van der Waals surface area contributed by atoms with E-state index in [1.807, 2.05) is 0 Å². The lowest BCUT2D eigenvalue weighted by Crippen LogP contribution is -2.22. The summed E-state index contributed by atoms with van der Waals surface area (Å²) < 4.78 is 25.0. The topological polar surface area (TPSA) is 96.2 Å². The lowest BCUT2D eigenvalue weighted by molar-refractivity contribution is 0.520. The minimum absolute atomic E-state index is 0.0897. The van der Waals surface area contributed by atoms with E-state index < -0.39 is 10.0 Å². The van der Waals surface area contributed by atoms with Gasteiger partial charge in [-0.25, -0.2) is 22.3 Å². The largest absolute Gasteiger partial charge is 0.242 e. The van der Waals surface area contributed by atoms with Crippen LogP contribution in [-0.4, -0.2) is 39.0 Å². The van der Waals surface area contributed by atoms with Crippen molar-refractivity contribution < 1.29 is 18.0 Å². The predicted molar refractivity (Wildman–Crippen MR) is 67.6 cm³/mol. The SMILES string of the molecule is Cc1c(N=C=O)cc(S(=O)(=O)N(C)C)cc1N=C=O. The van der Waals surface area contributed by atoms with Gasteiger partial charge in [-0.15, -0.1) is 0 Å². The summed E-state index contributed by atoms with van der Waals surface area (Å²) in [4.78, 5) is 27.4. The Morgan fingerprint density at radius 1 is 1.05 bits per heavy atom. The van der Waals surface area contributed by atoms with Gasteiger partial charge in [-0.05, 0) is 19.1 Å². The molecule has 0 saturated carbocycles. The van der Waals surface area contributed by atoms with Gasteiger partial charge >= 0.3 is 0 Å². The van der Waals surface area contributed by atoms with Crippen molar-refractivity contribution in [1.82, 2.24) is 4.31 Å². The molecule has 7 nitrogen and oxygen atoms in total. The fraction of sp³-hybridized carbons (Fsp3) is 0.273. The second kappa shape index (κ2) is 5.69. The fourth-order valence-electron chi connectivity index (χ4n) is 1.35. The Labute approximate surface area is 110 Å². The molecule has 0 spiro atoms. The molecule has 0 heterocycles. The van der Waals surface area contributed by atoms with Gasteiger partial charge in [-0.1, -0.05) is 0 Å². The quantitative estimate of drug-likeness (QED) is 0.611. The van der Waals surface area contributed by atoms with Gasteiger partial charge < -0.3 is 0 Å². The summed E-state index contributed by atoms with van der Waals surface area (Å²) in [7, 11) is -0.998. The molecule has 0 aliphatic heterocycles. The van der Waals surface area contributed by atoms with Crippen molar-refractivity contribution in [2.45, 2.75) is 11.8 Å². The van der Waals surface area contributed by atoms with E-state index >= 15 is 0 Å². The van der Waals surface area contributed by atoms with Crippen LogP contribution in [0.1, 0.15) is 5.56 Å². The Balaban J connectivity index is 3.70. The predicted octanol–water partition coefficient (Wildman–Crippen LogP) is 1.18. The molecule has 0 bridgehead atoms. The van der Waals surface area contributed by atoms with Crippen LogP contribution in [0.3, 0.4) is 0 Å². The van der Waals surface area contributed by atoms with Crippen LogP contribution in [0.25, 0.3) is 0 Å². The van der Waals surface area contributed by atoms with Crippen molar-refractivity contribution in [3.8, 4) is 0 Å². The molecule has 0 saturated heterocycles. The molecule has 100 valence electrons. The van der Waals surface area contributed by atoms with E-state index in [1.165, 1.54) is 38.4 Å². The van der Waals surface area contributed by atoms with Crippen LogP contribution in [0, 0.1) is 6.92 Å². The number of aliphatic imine (C=N–C) groups is 2. The number of carbonyl (C=O) groups excluding carboxylic acids is 2. The average molecular weight is 281 g/mol. The first-order chi connectivity index (χ1) is 8.84. The van der Waals surface area contributed by atoms with Crippen molar-refractivity contribution in [2.24, 2.45) is 9.98 Å². The highest BCUT2D eigenvalue weighted by Gasteiger charge is 2.20. The first-order valence-corrected chi connectivity index (χ1v) is 6.51. The van der Waals surface area contributed by atoms with E-state index in [2.05, 4.69) is 9.98 Å². The molecule has 0 fully saturated rings. The van der Waals surface area contributed by atoms with Crippen LogP contribution < -0.4 is 0 Å². The molecule has 0 aromatic heterocycles. The number of hydrogen-bond donors (Lipinski definition) is 0. The number of rotatable bonds is 4. The van der Waals surface area contributed by atoms with Crippen molar-refractivity contribution in [1.29, 1.82) is 0 Å². The molecule has 8 heteroatoms. The van der Waals surface area contributed by atoms with Gasteiger partial charge in [0.15, 0.2) is 0 Å². The molecule has 0 N–H and O–H groups in total. The van der Waals surface area contributed by atoms with Crippen LogP contribution in [0.5, 0.6) is 0 Å². The van der Waals surface area contributed by atoms with Crippen molar-refractivity contribution in [3.05, 3.63) is 17.7 Å². The normalized spacial score (nSPS) is 10.7. The third-order valence-corrected chi connectivity index (χ3v) is 4.23. The van der Waals surface area contributed by atoms with Crippen LogP contribution in [-0.2, 0) is 19.6 Å². The zero-order chi connectivity index (χ0) is 14.6. The van der Waals surface area contributed by atoms with E-state index in [-0.39, 0.29) is 16.3 Å². The lowest BCUT2D eigenvalue weighted by atomic mass is 10.1. The molecule has 0 amide bonds. The second-order valence-electron chi connectivity index (χ2n) is 3.78. The molecule has 1 rings (SSSR count). The number of sulfonamides is 1. The van der Waals surface area contributed by atoms with E-state index in [9.17, 15) is 18.0 Å². The Morgan fingerprint density at radius 2 is 1.47 bits per heavy atom. The molecule has 0 unspecified atom stereocenters. The third-order valence-electron chi connectivity index (χ3n) is 2.44. The average Bonchev–Trinajstić information content (AvgIpc) is 2.34. The Kier molecular flexibility index (Phi) is 4.47. The Hall–Kier alpha value is -2.11. The zero-order valence-electron chi connectivity index (χ0n) is 10.5. The van der Waals surface area contributed by atoms with Gasteiger partial charge in [0.1, 0.15) is 0 Å². The summed E-state index contributed by atoms with van der Waals surface area (Å²) in [6.07, 6.45) is 2.66. The number of isocyanates is 2. The summed E-state index contributed by atoms with van der Waals surface area (Å²) in [6, 6.07) is 2.44. The lowest BCUT2D eigenvalue weighted by Gasteiger charge is -2.13. The van der Waals surface area contributed by atoms with Gasteiger partial charge in [0.2, 0.25) is 22.2 Å². The maximum absolute atomic E-state index is 12.0. The van der Waals surface area contributed by atoms with Crippen LogP contribution in [0.2, 0.25) is 0 Å². The molecule has 0 aliphatic rings. The molecule has 0 atom stereocenters. The zero-order valence-corrected chi connectivity index (χ0v) is 11.4. The minimum atomic E-state index is -3.72. The van der Waals surface area contributed by atoms with Crippen LogP contribution >= 0.6 is 0 Å². The van der Waals surface area contributed by atoms with E-state index in [1.54, 1.807) is 6.92 Å². The van der Waals surface area contributed by atoms with Crippen LogP contribution in [0.4, 0.5) is 11.4 Å². The van der Waals surface area contributed by atoms with E-state index in [4.69, 9.17) is 0 Å². The monoisotopic (exact) mass is 281 g/mol. The van der Waals surface area contributed by atoms with Gasteiger partial charge in [-0.2, -0.15) is 9.98 Å². The highest BCUT2D eigenvalue weighted by atomic mass is 32.2. The minimum Gasteiger partial charge on any atom is -0.211 e. The maximum atomic E-state index is 12.0. The van der Waals surface area contributed by atoms with Crippen LogP contribution in [0.15, 0.2) is 27.0 Å². The summed E-state index contributed by atoms with van der Waals surface area (Å²) in [5.41, 5.74) is 0.572. The number of hydrogen-bond acceptors (Lipinski definition) is 6. The summed E-state index contributed by atoms with van der Waals surface area (Å²) in [5, 5.41) is 0. The molecular formula is C11H11N3O4S. The molecule has 1 aromatic rings. The summed E-state index contributed by atoms with van der Waals surface area (Å²) >= 11 is 0. The van der Waals surface area contributed by atoms with Gasteiger partial charge in [0.05, 0.1) is 16.3 Å². The van der Waals surface area contributed by atoms with E-state index in [0.717, 1.165) is 4.31 Å². The Morgan fingerprint density at radius 3 is 1.79 bits per heavy atom. The highest BCUT2D eigenvalue weighted by Crippen LogP contribution is 2.32. The first-order valence-electron chi connectivity index (χ1n) is 5.07. The van der Waals surface area contributed by atoms with Gasteiger partial charge in [0, 0.05) is 19.7 Å². The first kappa shape index (κ1) is 14.9. The van der Waals surface area contributed by atoms with Crippen molar-refractivity contribution in [3.63, 3.8) is 0 Å². The van der Waals surface area contributed by atoms with Gasteiger partial charge in [0.25, 0.3) is 0 Å².